The van der Waals surface area contributed by atoms with Crippen molar-refractivity contribution in [1.82, 2.24) is 0 Å². The van der Waals surface area contributed by atoms with Crippen LogP contribution in [0.1, 0.15) is 45.8 Å². The van der Waals surface area contributed by atoms with Crippen LogP contribution >= 0.6 is 0 Å². The average Bonchev–Trinajstić information content (AvgIpc) is 2.87. The van der Waals surface area contributed by atoms with Crippen molar-refractivity contribution in [2.24, 2.45) is 11.3 Å². The van der Waals surface area contributed by atoms with Crippen LogP contribution in [0.4, 0.5) is 11.4 Å². The number of nitro groups is 1. The standard InChI is InChI=1S/C16H24N2O3/c1-11(19)12-5-6-14(15(9-12)18(20)21)17-8-7-13(10-17)16(2,3)4/h5-6,9,11,13,19H,7-8,10H2,1-4H3/t11-,13?/m1/s1. The molecule has 0 saturated carbocycles. The number of hydrogen-bond donors (Lipinski definition) is 1. The second kappa shape index (κ2) is 5.64. The zero-order valence-electron chi connectivity index (χ0n) is 13.2. The Morgan fingerprint density at radius 1 is 1.43 bits per heavy atom. The molecule has 0 aliphatic carbocycles. The highest BCUT2D eigenvalue weighted by Gasteiger charge is 2.34. The van der Waals surface area contributed by atoms with Crippen LogP contribution in [0.3, 0.4) is 0 Å². The lowest BCUT2D eigenvalue weighted by Crippen LogP contribution is -2.26. The number of benzene rings is 1. The first kappa shape index (κ1) is 15.8. The monoisotopic (exact) mass is 292 g/mol. The van der Waals surface area contributed by atoms with E-state index in [2.05, 4.69) is 25.7 Å². The lowest BCUT2D eigenvalue weighted by atomic mass is 9.80. The molecule has 2 atom stereocenters. The van der Waals surface area contributed by atoms with Crippen LogP contribution in [0.5, 0.6) is 0 Å². The van der Waals surface area contributed by atoms with Gasteiger partial charge in [0.25, 0.3) is 5.69 Å². The van der Waals surface area contributed by atoms with E-state index in [-0.39, 0.29) is 16.0 Å². The molecule has 1 fully saturated rings. The molecule has 1 heterocycles. The second-order valence-electron chi connectivity index (χ2n) is 6.98. The number of hydrogen-bond acceptors (Lipinski definition) is 4. The SMILES string of the molecule is C[C@@H](O)c1ccc(N2CCC(C(C)(C)C)C2)c([N+](=O)[O-])c1. The molecule has 1 N–H and O–H groups in total. The quantitative estimate of drug-likeness (QED) is 0.683. The molecule has 0 aromatic heterocycles. The van der Waals surface area contributed by atoms with E-state index in [1.807, 2.05) is 0 Å². The Bertz CT molecular complexity index is 535. The third-order valence-corrected chi connectivity index (χ3v) is 4.43. The third-order valence-electron chi connectivity index (χ3n) is 4.43. The van der Waals surface area contributed by atoms with Crippen molar-refractivity contribution >= 4 is 11.4 Å². The third kappa shape index (κ3) is 3.35. The Morgan fingerprint density at radius 2 is 2.10 bits per heavy atom. The van der Waals surface area contributed by atoms with Crippen LogP contribution < -0.4 is 4.90 Å². The molecule has 1 unspecified atom stereocenters. The van der Waals surface area contributed by atoms with Gasteiger partial charge in [0.15, 0.2) is 0 Å². The zero-order chi connectivity index (χ0) is 15.8. The van der Waals surface area contributed by atoms with Crippen molar-refractivity contribution in [3.8, 4) is 0 Å². The minimum Gasteiger partial charge on any atom is -0.389 e. The number of rotatable bonds is 3. The lowest BCUT2D eigenvalue weighted by Gasteiger charge is -2.27. The van der Waals surface area contributed by atoms with E-state index in [9.17, 15) is 15.2 Å². The molecule has 0 amide bonds. The fourth-order valence-electron chi connectivity index (χ4n) is 2.90. The van der Waals surface area contributed by atoms with Gasteiger partial charge in [-0.1, -0.05) is 26.8 Å². The molecule has 2 rings (SSSR count). The Morgan fingerprint density at radius 3 is 2.57 bits per heavy atom. The van der Waals surface area contributed by atoms with Gasteiger partial charge in [0.05, 0.1) is 11.0 Å². The molecule has 5 nitrogen and oxygen atoms in total. The number of anilines is 1. The Hall–Kier alpha value is -1.62. The second-order valence-corrected chi connectivity index (χ2v) is 6.98. The van der Waals surface area contributed by atoms with Gasteiger partial charge in [-0.25, -0.2) is 0 Å². The van der Waals surface area contributed by atoms with E-state index in [4.69, 9.17) is 0 Å². The highest BCUT2D eigenvalue weighted by atomic mass is 16.6. The number of nitro benzene ring substituents is 1. The lowest BCUT2D eigenvalue weighted by molar-refractivity contribution is -0.384. The molecule has 116 valence electrons. The largest absolute Gasteiger partial charge is 0.389 e. The average molecular weight is 292 g/mol. The van der Waals surface area contributed by atoms with Crippen molar-refractivity contribution in [2.45, 2.75) is 40.2 Å². The van der Waals surface area contributed by atoms with Gasteiger partial charge < -0.3 is 10.0 Å². The maximum absolute atomic E-state index is 11.3. The minimum absolute atomic E-state index is 0.0861. The van der Waals surface area contributed by atoms with Gasteiger partial charge in [-0.15, -0.1) is 0 Å². The van der Waals surface area contributed by atoms with Crippen LogP contribution in [0.25, 0.3) is 0 Å². The van der Waals surface area contributed by atoms with Crippen molar-refractivity contribution in [3.63, 3.8) is 0 Å². The summed E-state index contributed by atoms with van der Waals surface area (Å²) in [4.78, 5) is 13.1. The summed E-state index contributed by atoms with van der Waals surface area (Å²) in [7, 11) is 0. The van der Waals surface area contributed by atoms with Crippen molar-refractivity contribution in [2.75, 3.05) is 18.0 Å². The van der Waals surface area contributed by atoms with Gasteiger partial charge in [0.1, 0.15) is 5.69 Å². The maximum atomic E-state index is 11.3. The highest BCUT2D eigenvalue weighted by Crippen LogP contribution is 2.39. The van der Waals surface area contributed by atoms with Crippen molar-refractivity contribution in [1.29, 1.82) is 0 Å². The first-order chi connectivity index (χ1) is 9.70. The Balaban J connectivity index is 2.30. The van der Waals surface area contributed by atoms with Gasteiger partial charge in [-0.2, -0.15) is 0 Å². The van der Waals surface area contributed by atoms with E-state index >= 15 is 0 Å². The van der Waals surface area contributed by atoms with E-state index < -0.39 is 6.10 Å². The first-order valence-electron chi connectivity index (χ1n) is 7.41. The van der Waals surface area contributed by atoms with Gasteiger partial charge in [-0.3, -0.25) is 10.1 Å². The summed E-state index contributed by atoms with van der Waals surface area (Å²) in [6.07, 6.45) is 0.359. The van der Waals surface area contributed by atoms with Crippen LogP contribution in [0, 0.1) is 21.4 Å². The number of aliphatic hydroxyl groups is 1. The summed E-state index contributed by atoms with van der Waals surface area (Å²) < 4.78 is 0. The molecule has 1 saturated heterocycles. The molecule has 1 aromatic carbocycles. The van der Waals surface area contributed by atoms with E-state index in [0.29, 0.717) is 17.2 Å². The van der Waals surface area contributed by atoms with Crippen LogP contribution in [-0.2, 0) is 0 Å². The first-order valence-corrected chi connectivity index (χ1v) is 7.41. The molecule has 1 aliphatic heterocycles. The minimum atomic E-state index is -0.696. The fourth-order valence-corrected chi connectivity index (χ4v) is 2.90. The number of nitrogens with zero attached hydrogens (tertiary/aromatic N) is 2. The van der Waals surface area contributed by atoms with Crippen molar-refractivity contribution in [3.05, 3.63) is 33.9 Å². The summed E-state index contributed by atoms with van der Waals surface area (Å²) in [5, 5.41) is 20.9. The van der Waals surface area contributed by atoms with Gasteiger partial charge >= 0.3 is 0 Å². The number of aliphatic hydroxyl groups excluding tert-OH is 1. The summed E-state index contributed by atoms with van der Waals surface area (Å²) in [5.74, 6) is 0.536. The maximum Gasteiger partial charge on any atom is 0.292 e. The smallest absolute Gasteiger partial charge is 0.292 e. The molecule has 0 bridgehead atoms. The Labute approximate surface area is 125 Å². The zero-order valence-corrected chi connectivity index (χ0v) is 13.2. The molecule has 21 heavy (non-hydrogen) atoms. The summed E-state index contributed by atoms with van der Waals surface area (Å²) in [5.41, 5.74) is 1.54. The Kier molecular flexibility index (Phi) is 4.23. The predicted molar refractivity (Wildman–Crippen MR) is 83.5 cm³/mol. The van der Waals surface area contributed by atoms with Crippen LogP contribution in [-0.4, -0.2) is 23.1 Å². The molecule has 0 spiro atoms. The van der Waals surface area contributed by atoms with Gasteiger partial charge in [0, 0.05) is 19.2 Å². The van der Waals surface area contributed by atoms with Gasteiger partial charge in [-0.05, 0) is 36.3 Å². The van der Waals surface area contributed by atoms with E-state index in [1.54, 1.807) is 19.1 Å². The molecule has 0 radical (unpaired) electrons. The molecule has 1 aliphatic rings. The fraction of sp³-hybridized carbons (Fsp3) is 0.625. The topological polar surface area (TPSA) is 66.6 Å². The summed E-state index contributed by atoms with van der Waals surface area (Å²) in [6.45, 7) is 9.95. The summed E-state index contributed by atoms with van der Waals surface area (Å²) in [6, 6.07) is 5.03. The normalized spacial score (nSPS) is 20.6. The predicted octanol–water partition coefficient (Wildman–Crippen LogP) is 3.52. The summed E-state index contributed by atoms with van der Waals surface area (Å²) >= 11 is 0. The highest BCUT2D eigenvalue weighted by molar-refractivity contribution is 5.65. The molecular formula is C16H24N2O3. The molecule has 1 aromatic rings. The van der Waals surface area contributed by atoms with Crippen LogP contribution in [0.2, 0.25) is 0 Å². The molecular weight excluding hydrogens is 268 g/mol. The van der Waals surface area contributed by atoms with Gasteiger partial charge in [0.2, 0.25) is 0 Å². The van der Waals surface area contributed by atoms with Crippen molar-refractivity contribution < 1.29 is 10.0 Å². The van der Waals surface area contributed by atoms with E-state index in [1.165, 1.54) is 6.07 Å². The van der Waals surface area contributed by atoms with Crippen LogP contribution in [0.15, 0.2) is 18.2 Å². The van der Waals surface area contributed by atoms with E-state index in [0.717, 1.165) is 19.5 Å². The molecule has 5 heteroatoms.